The van der Waals surface area contributed by atoms with Crippen molar-refractivity contribution < 1.29 is 9.90 Å². The highest BCUT2D eigenvalue weighted by Crippen LogP contribution is 2.24. The van der Waals surface area contributed by atoms with Gasteiger partial charge in [-0.2, -0.15) is 5.10 Å². The summed E-state index contributed by atoms with van der Waals surface area (Å²) in [6.45, 7) is 1.30. The maximum atomic E-state index is 12.7. The molecule has 1 aliphatic rings. The van der Waals surface area contributed by atoms with Crippen molar-refractivity contribution in [2.24, 2.45) is 5.92 Å². The molecule has 1 aromatic heterocycles. The van der Waals surface area contributed by atoms with Crippen LogP contribution in [-0.4, -0.2) is 41.0 Å². The van der Waals surface area contributed by atoms with Gasteiger partial charge in [-0.25, -0.2) is 4.79 Å². The van der Waals surface area contributed by atoms with E-state index in [2.05, 4.69) is 15.5 Å². The van der Waals surface area contributed by atoms with E-state index >= 15 is 0 Å². The van der Waals surface area contributed by atoms with Gasteiger partial charge in [-0.05, 0) is 42.9 Å². The highest BCUT2D eigenvalue weighted by molar-refractivity contribution is 5.92. The molecule has 0 bridgehead atoms. The zero-order valence-electron chi connectivity index (χ0n) is 15.2. The number of aliphatic hydroxyl groups is 1. The molecule has 0 spiro atoms. The number of aromatic amines is 1. The van der Waals surface area contributed by atoms with Gasteiger partial charge in [0.05, 0.1) is 6.20 Å². The lowest BCUT2D eigenvalue weighted by Gasteiger charge is -2.26. The Morgan fingerprint density at radius 1 is 1.19 bits per heavy atom. The lowest BCUT2D eigenvalue weighted by Crippen LogP contribution is -2.43. The molecule has 0 atom stereocenters. The second-order valence-corrected chi connectivity index (χ2v) is 6.95. The first-order chi connectivity index (χ1) is 12.8. The number of nitrogens with zero attached hydrogens (tertiary/aromatic N) is 2. The average Bonchev–Trinajstić information content (AvgIpc) is 3.23. The second-order valence-electron chi connectivity index (χ2n) is 6.95. The molecule has 0 saturated heterocycles. The van der Waals surface area contributed by atoms with Crippen LogP contribution in [0.15, 0.2) is 36.7 Å². The Hall–Kier alpha value is -2.34. The van der Waals surface area contributed by atoms with Crippen LogP contribution in [0.1, 0.15) is 38.5 Å². The van der Waals surface area contributed by atoms with Crippen molar-refractivity contribution in [3.8, 4) is 11.1 Å². The summed E-state index contributed by atoms with van der Waals surface area (Å²) in [5.41, 5.74) is 2.90. The quantitative estimate of drug-likeness (QED) is 0.709. The number of nitrogens with one attached hydrogen (secondary N) is 2. The first-order valence-electron chi connectivity index (χ1n) is 9.53. The maximum Gasteiger partial charge on any atom is 0.321 e. The Balaban J connectivity index is 1.65. The van der Waals surface area contributed by atoms with E-state index < -0.39 is 0 Å². The molecule has 1 aromatic carbocycles. The van der Waals surface area contributed by atoms with E-state index in [9.17, 15) is 9.90 Å². The van der Waals surface area contributed by atoms with Crippen LogP contribution in [-0.2, 0) is 0 Å². The van der Waals surface area contributed by atoms with Crippen LogP contribution in [0.2, 0.25) is 0 Å². The van der Waals surface area contributed by atoms with Crippen LogP contribution in [0.5, 0.6) is 0 Å². The summed E-state index contributed by atoms with van der Waals surface area (Å²) in [5, 5.41) is 19.0. The molecule has 1 aliphatic carbocycles. The fraction of sp³-hybridized carbons (Fsp3) is 0.500. The van der Waals surface area contributed by atoms with Crippen molar-refractivity contribution in [1.29, 1.82) is 0 Å². The Kier molecular flexibility index (Phi) is 6.66. The van der Waals surface area contributed by atoms with Crippen molar-refractivity contribution in [2.45, 2.75) is 38.5 Å². The van der Waals surface area contributed by atoms with Crippen LogP contribution in [0.4, 0.5) is 10.5 Å². The minimum atomic E-state index is -0.0833. The molecular weight excluding hydrogens is 328 g/mol. The minimum absolute atomic E-state index is 0.0690. The van der Waals surface area contributed by atoms with Gasteiger partial charge in [-0.1, -0.05) is 31.4 Å². The van der Waals surface area contributed by atoms with Crippen LogP contribution < -0.4 is 10.2 Å². The summed E-state index contributed by atoms with van der Waals surface area (Å²) in [7, 11) is 0. The van der Waals surface area contributed by atoms with Crippen molar-refractivity contribution in [3.05, 3.63) is 36.7 Å². The first kappa shape index (κ1) is 18.5. The smallest absolute Gasteiger partial charge is 0.321 e. The normalized spacial score (nSPS) is 15.0. The van der Waals surface area contributed by atoms with E-state index in [1.165, 1.54) is 32.1 Å². The maximum absolute atomic E-state index is 12.7. The highest BCUT2D eigenvalue weighted by Gasteiger charge is 2.18. The number of anilines is 1. The van der Waals surface area contributed by atoms with Crippen LogP contribution in [0.25, 0.3) is 11.1 Å². The molecule has 0 unspecified atom stereocenters. The van der Waals surface area contributed by atoms with Gasteiger partial charge in [0, 0.05) is 37.1 Å². The lowest BCUT2D eigenvalue weighted by atomic mass is 9.89. The number of urea groups is 1. The largest absolute Gasteiger partial charge is 0.396 e. The molecule has 0 aliphatic heterocycles. The van der Waals surface area contributed by atoms with E-state index in [0.717, 1.165) is 23.4 Å². The number of H-pyrrole nitrogens is 1. The molecule has 2 aromatic rings. The number of benzene rings is 1. The summed E-state index contributed by atoms with van der Waals surface area (Å²) in [6, 6.07) is 7.78. The number of hydrogen-bond donors (Lipinski definition) is 3. The third kappa shape index (κ3) is 4.85. The minimum Gasteiger partial charge on any atom is -0.396 e. The van der Waals surface area contributed by atoms with Crippen molar-refractivity contribution in [3.63, 3.8) is 0 Å². The van der Waals surface area contributed by atoms with Gasteiger partial charge >= 0.3 is 6.03 Å². The molecule has 0 radical (unpaired) electrons. The highest BCUT2D eigenvalue weighted by atomic mass is 16.3. The van der Waals surface area contributed by atoms with Gasteiger partial charge in [-0.15, -0.1) is 0 Å². The number of amides is 2. The molecule has 1 fully saturated rings. The predicted octanol–water partition coefficient (Wildman–Crippen LogP) is 3.56. The molecule has 2 amide bonds. The predicted molar refractivity (Wildman–Crippen MR) is 103 cm³/mol. The standard InChI is InChI=1S/C20H28N4O2/c25-12-4-11-24(20(26)21-13-16-5-2-1-3-6-16)19-9-7-17(8-10-19)18-14-22-23-15-18/h7-10,14-16,25H,1-6,11-13H2,(H,21,26)(H,22,23). The third-order valence-electron chi connectivity index (χ3n) is 5.06. The van der Waals surface area contributed by atoms with E-state index in [-0.39, 0.29) is 12.6 Å². The molecular formula is C20H28N4O2. The molecule has 1 saturated carbocycles. The number of hydrogen-bond acceptors (Lipinski definition) is 3. The molecule has 140 valence electrons. The fourth-order valence-corrected chi connectivity index (χ4v) is 3.54. The number of rotatable bonds is 7. The van der Waals surface area contributed by atoms with Crippen LogP contribution in [0.3, 0.4) is 0 Å². The number of aliphatic hydroxyl groups excluding tert-OH is 1. The van der Waals surface area contributed by atoms with E-state index in [1.807, 2.05) is 30.5 Å². The molecule has 3 rings (SSSR count). The topological polar surface area (TPSA) is 81.2 Å². The van der Waals surface area contributed by atoms with Gasteiger partial charge in [-0.3, -0.25) is 10.00 Å². The van der Waals surface area contributed by atoms with Gasteiger partial charge in [0.1, 0.15) is 0 Å². The SMILES string of the molecule is O=C(NCC1CCCCC1)N(CCCO)c1ccc(-c2cn[nH]c2)cc1. The number of carbonyl (C=O) groups excluding carboxylic acids is 1. The Morgan fingerprint density at radius 3 is 2.62 bits per heavy atom. The summed E-state index contributed by atoms with van der Waals surface area (Å²) in [5.74, 6) is 0.593. The Labute approximate surface area is 154 Å². The van der Waals surface area contributed by atoms with Crippen molar-refractivity contribution >= 4 is 11.7 Å². The second kappa shape index (κ2) is 9.38. The van der Waals surface area contributed by atoms with Gasteiger partial charge in [0.2, 0.25) is 0 Å². The monoisotopic (exact) mass is 356 g/mol. The van der Waals surface area contributed by atoms with Crippen molar-refractivity contribution in [1.82, 2.24) is 15.5 Å². The van der Waals surface area contributed by atoms with Gasteiger partial charge in [0.25, 0.3) is 0 Å². The van der Waals surface area contributed by atoms with Crippen molar-refractivity contribution in [2.75, 3.05) is 24.6 Å². The zero-order chi connectivity index (χ0) is 18.2. The summed E-state index contributed by atoms with van der Waals surface area (Å²) >= 11 is 0. The summed E-state index contributed by atoms with van der Waals surface area (Å²) in [6.07, 6.45) is 10.4. The van der Waals surface area contributed by atoms with Gasteiger partial charge < -0.3 is 10.4 Å². The zero-order valence-corrected chi connectivity index (χ0v) is 15.2. The molecule has 6 nitrogen and oxygen atoms in total. The summed E-state index contributed by atoms with van der Waals surface area (Å²) in [4.78, 5) is 14.4. The first-order valence-corrected chi connectivity index (χ1v) is 9.53. The van der Waals surface area contributed by atoms with Gasteiger partial charge in [0.15, 0.2) is 0 Å². The number of carbonyl (C=O) groups is 1. The van der Waals surface area contributed by atoms with E-state index in [0.29, 0.717) is 18.9 Å². The summed E-state index contributed by atoms with van der Waals surface area (Å²) < 4.78 is 0. The Morgan fingerprint density at radius 2 is 1.96 bits per heavy atom. The van der Waals surface area contributed by atoms with Crippen LogP contribution >= 0.6 is 0 Å². The Bertz CT molecular complexity index is 664. The fourth-order valence-electron chi connectivity index (χ4n) is 3.54. The van der Waals surface area contributed by atoms with Crippen LogP contribution in [0, 0.1) is 5.92 Å². The molecule has 1 heterocycles. The number of aromatic nitrogens is 2. The molecule has 26 heavy (non-hydrogen) atoms. The van der Waals surface area contributed by atoms with E-state index in [1.54, 1.807) is 11.1 Å². The van der Waals surface area contributed by atoms with E-state index in [4.69, 9.17) is 0 Å². The third-order valence-corrected chi connectivity index (χ3v) is 5.06. The molecule has 3 N–H and O–H groups in total. The molecule has 6 heteroatoms. The lowest BCUT2D eigenvalue weighted by molar-refractivity contribution is 0.240. The average molecular weight is 356 g/mol.